The minimum atomic E-state index is 0.627. The van der Waals surface area contributed by atoms with Crippen LogP contribution in [0.15, 0.2) is 18.2 Å². The summed E-state index contributed by atoms with van der Waals surface area (Å²) in [5.41, 5.74) is 8.07. The Morgan fingerprint density at radius 3 is 2.79 bits per heavy atom. The van der Waals surface area contributed by atoms with Crippen molar-refractivity contribution in [2.75, 3.05) is 38.3 Å². The third-order valence-corrected chi connectivity index (χ3v) is 4.13. The van der Waals surface area contributed by atoms with Crippen LogP contribution in [0.2, 0.25) is 5.02 Å². The molecule has 1 aromatic rings. The number of rotatable bonds is 5. The van der Waals surface area contributed by atoms with Gasteiger partial charge in [0.05, 0.1) is 0 Å². The molecule has 1 aliphatic heterocycles. The van der Waals surface area contributed by atoms with Crippen molar-refractivity contribution in [3.05, 3.63) is 28.8 Å². The third-order valence-electron chi connectivity index (χ3n) is 3.77. The lowest BCUT2D eigenvalue weighted by Gasteiger charge is -2.30. The fourth-order valence-electron chi connectivity index (χ4n) is 2.71. The summed E-state index contributed by atoms with van der Waals surface area (Å²) >= 11 is 6.29. The van der Waals surface area contributed by atoms with E-state index in [1.165, 1.54) is 11.3 Å². The number of ether oxygens (including phenoxy) is 1. The number of nitrogens with two attached hydrogens (primary N) is 1. The summed E-state index contributed by atoms with van der Waals surface area (Å²) in [4.78, 5) is 2.31. The number of hydrogen-bond donors (Lipinski definition) is 1. The average Bonchev–Trinajstić information content (AvgIpc) is 2.42. The van der Waals surface area contributed by atoms with Crippen LogP contribution in [0.5, 0.6) is 0 Å². The predicted octanol–water partition coefficient (Wildman–Crippen LogP) is 2.70. The monoisotopic (exact) mass is 282 g/mol. The maximum Gasteiger partial charge on any atom is 0.0469 e. The molecule has 0 aromatic heterocycles. The first-order chi connectivity index (χ1) is 9.22. The fourth-order valence-corrected chi connectivity index (χ4v) is 2.98. The summed E-state index contributed by atoms with van der Waals surface area (Å²) in [6, 6.07) is 6.09. The van der Waals surface area contributed by atoms with Gasteiger partial charge in [0.2, 0.25) is 0 Å². The third kappa shape index (κ3) is 3.85. The van der Waals surface area contributed by atoms with Crippen molar-refractivity contribution >= 4 is 17.3 Å². The second-order valence-electron chi connectivity index (χ2n) is 5.21. The summed E-state index contributed by atoms with van der Waals surface area (Å²) in [6.07, 6.45) is 3.13. The highest BCUT2D eigenvalue weighted by molar-refractivity contribution is 6.31. The molecular weight excluding hydrogens is 260 g/mol. The van der Waals surface area contributed by atoms with Crippen molar-refractivity contribution < 1.29 is 4.74 Å². The van der Waals surface area contributed by atoms with Gasteiger partial charge in [0.1, 0.15) is 0 Å². The first-order valence-corrected chi connectivity index (χ1v) is 7.36. The molecule has 2 N–H and O–H groups in total. The minimum absolute atomic E-state index is 0.627. The zero-order valence-corrected chi connectivity index (χ0v) is 12.3. The number of benzene rings is 1. The molecule has 0 amide bonds. The van der Waals surface area contributed by atoms with E-state index < -0.39 is 0 Å². The van der Waals surface area contributed by atoms with E-state index in [1.807, 2.05) is 12.1 Å². The van der Waals surface area contributed by atoms with E-state index in [1.54, 1.807) is 0 Å². The Balaban J connectivity index is 2.08. The molecule has 1 saturated heterocycles. The second-order valence-corrected chi connectivity index (χ2v) is 5.62. The van der Waals surface area contributed by atoms with Gasteiger partial charge >= 0.3 is 0 Å². The van der Waals surface area contributed by atoms with Crippen molar-refractivity contribution in [3.63, 3.8) is 0 Å². The highest BCUT2D eigenvalue weighted by Crippen LogP contribution is 2.28. The van der Waals surface area contributed by atoms with E-state index in [-0.39, 0.29) is 0 Å². The summed E-state index contributed by atoms with van der Waals surface area (Å²) in [7, 11) is 2.14. The molecule has 1 aromatic carbocycles. The molecule has 0 spiro atoms. The van der Waals surface area contributed by atoms with Gasteiger partial charge in [-0.05, 0) is 49.4 Å². The molecule has 0 unspecified atom stereocenters. The van der Waals surface area contributed by atoms with Gasteiger partial charge in [-0.3, -0.25) is 0 Å². The van der Waals surface area contributed by atoms with Gasteiger partial charge in [0.25, 0.3) is 0 Å². The van der Waals surface area contributed by atoms with E-state index in [0.29, 0.717) is 12.5 Å². The summed E-state index contributed by atoms with van der Waals surface area (Å²) in [5.74, 6) is 0.712. The first-order valence-electron chi connectivity index (χ1n) is 6.98. The lowest BCUT2D eigenvalue weighted by Crippen LogP contribution is -2.30. The average molecular weight is 283 g/mol. The molecule has 3 nitrogen and oxygen atoms in total. The Morgan fingerprint density at radius 2 is 2.11 bits per heavy atom. The van der Waals surface area contributed by atoms with Crippen molar-refractivity contribution in [2.45, 2.75) is 19.3 Å². The van der Waals surface area contributed by atoms with Gasteiger partial charge in [0, 0.05) is 37.5 Å². The summed E-state index contributed by atoms with van der Waals surface area (Å²) < 4.78 is 5.41. The van der Waals surface area contributed by atoms with Crippen LogP contribution >= 0.6 is 11.6 Å². The van der Waals surface area contributed by atoms with Gasteiger partial charge < -0.3 is 15.4 Å². The van der Waals surface area contributed by atoms with Crippen LogP contribution in [0.3, 0.4) is 0 Å². The molecular formula is C15H23ClN2O. The Bertz CT molecular complexity index is 405. The molecule has 2 rings (SSSR count). The van der Waals surface area contributed by atoms with Crippen LogP contribution in [0.25, 0.3) is 0 Å². The molecule has 1 heterocycles. The largest absolute Gasteiger partial charge is 0.381 e. The molecule has 1 fully saturated rings. The van der Waals surface area contributed by atoms with Gasteiger partial charge in [-0.25, -0.2) is 0 Å². The first kappa shape index (κ1) is 14.6. The van der Waals surface area contributed by atoms with Crippen molar-refractivity contribution in [1.82, 2.24) is 0 Å². The standard InChI is InChI=1S/C15H23ClN2O/c1-18(11-12-6-9-19-10-7-12)15-4-2-3-14(16)13(15)5-8-17/h2-4,12H,5-11,17H2,1H3. The molecule has 0 radical (unpaired) electrons. The Kier molecular flexibility index (Phi) is 5.49. The van der Waals surface area contributed by atoms with Gasteiger partial charge in [0.15, 0.2) is 0 Å². The number of hydrogen-bond acceptors (Lipinski definition) is 3. The second kappa shape index (κ2) is 7.13. The Morgan fingerprint density at radius 1 is 1.37 bits per heavy atom. The van der Waals surface area contributed by atoms with Gasteiger partial charge in [-0.15, -0.1) is 0 Å². The highest BCUT2D eigenvalue weighted by atomic mass is 35.5. The van der Waals surface area contributed by atoms with Gasteiger partial charge in [-0.2, -0.15) is 0 Å². The molecule has 4 heteroatoms. The Hall–Kier alpha value is -0.770. The zero-order valence-electron chi connectivity index (χ0n) is 11.6. The molecule has 0 bridgehead atoms. The van der Waals surface area contributed by atoms with Crippen LogP contribution in [-0.4, -0.2) is 33.4 Å². The van der Waals surface area contributed by atoms with Crippen molar-refractivity contribution in [2.24, 2.45) is 11.7 Å². The Labute approximate surface area is 120 Å². The maximum atomic E-state index is 6.29. The van der Waals surface area contributed by atoms with Crippen molar-refractivity contribution in [3.8, 4) is 0 Å². The smallest absolute Gasteiger partial charge is 0.0469 e. The molecule has 1 aliphatic rings. The highest BCUT2D eigenvalue weighted by Gasteiger charge is 2.18. The zero-order chi connectivity index (χ0) is 13.7. The van der Waals surface area contributed by atoms with Crippen LogP contribution in [0.1, 0.15) is 18.4 Å². The quantitative estimate of drug-likeness (QED) is 0.902. The van der Waals surface area contributed by atoms with E-state index in [4.69, 9.17) is 22.1 Å². The molecule has 0 saturated carbocycles. The van der Waals surface area contributed by atoms with E-state index in [2.05, 4.69) is 18.0 Å². The topological polar surface area (TPSA) is 38.5 Å². The number of nitrogens with zero attached hydrogens (tertiary/aromatic N) is 1. The lowest BCUT2D eigenvalue weighted by molar-refractivity contribution is 0.0685. The predicted molar refractivity (Wildman–Crippen MR) is 81.0 cm³/mol. The number of anilines is 1. The van der Waals surface area contributed by atoms with Crippen LogP contribution < -0.4 is 10.6 Å². The fraction of sp³-hybridized carbons (Fsp3) is 0.600. The van der Waals surface area contributed by atoms with Crippen LogP contribution in [-0.2, 0) is 11.2 Å². The lowest BCUT2D eigenvalue weighted by atomic mass is 9.99. The summed E-state index contributed by atoms with van der Waals surface area (Å²) in [6.45, 7) is 3.47. The molecule has 106 valence electrons. The number of halogens is 1. The van der Waals surface area contributed by atoms with Crippen LogP contribution in [0.4, 0.5) is 5.69 Å². The molecule has 19 heavy (non-hydrogen) atoms. The van der Waals surface area contributed by atoms with E-state index >= 15 is 0 Å². The van der Waals surface area contributed by atoms with E-state index in [9.17, 15) is 0 Å². The molecule has 0 aliphatic carbocycles. The molecule has 0 atom stereocenters. The maximum absolute atomic E-state index is 6.29. The van der Waals surface area contributed by atoms with Crippen LogP contribution in [0, 0.1) is 5.92 Å². The van der Waals surface area contributed by atoms with Crippen molar-refractivity contribution in [1.29, 1.82) is 0 Å². The minimum Gasteiger partial charge on any atom is -0.381 e. The summed E-state index contributed by atoms with van der Waals surface area (Å²) in [5, 5.41) is 0.821. The normalized spacial score (nSPS) is 16.6. The van der Waals surface area contributed by atoms with E-state index in [0.717, 1.165) is 44.0 Å². The SMILES string of the molecule is CN(CC1CCOCC1)c1cccc(Cl)c1CCN. The van der Waals surface area contributed by atoms with Gasteiger partial charge in [-0.1, -0.05) is 17.7 Å².